The minimum Gasteiger partial charge on any atom is -0.507 e. The van der Waals surface area contributed by atoms with E-state index in [1.807, 2.05) is 18.2 Å². The Morgan fingerprint density at radius 1 is 1.07 bits per heavy atom. The fourth-order valence-electron chi connectivity index (χ4n) is 3.14. The Balaban J connectivity index is 0.00000182. The van der Waals surface area contributed by atoms with Crippen molar-refractivity contribution in [2.45, 2.75) is 6.10 Å². The van der Waals surface area contributed by atoms with E-state index in [4.69, 9.17) is 5.73 Å². The number of hydrogen-bond acceptors (Lipinski definition) is 5. The molecule has 1 atom stereocenters. The molecule has 0 bridgehead atoms. The molecule has 1 aliphatic heterocycles. The number of halogens is 1. The maximum absolute atomic E-state index is 11.3. The van der Waals surface area contributed by atoms with E-state index in [9.17, 15) is 15.0 Å². The second-order valence-corrected chi connectivity index (χ2v) is 6.28. The van der Waals surface area contributed by atoms with Crippen LogP contribution in [0.3, 0.4) is 0 Å². The van der Waals surface area contributed by atoms with Crippen LogP contribution in [0.25, 0.3) is 0 Å². The van der Waals surface area contributed by atoms with Gasteiger partial charge in [-0.3, -0.25) is 9.69 Å². The van der Waals surface area contributed by atoms with Crippen molar-refractivity contribution in [3.63, 3.8) is 0 Å². The average Bonchev–Trinajstić information content (AvgIpc) is 2.63. The van der Waals surface area contributed by atoms with Gasteiger partial charge in [0.2, 0.25) is 0 Å². The molecule has 0 aromatic heterocycles. The minimum absolute atomic E-state index is 0. The van der Waals surface area contributed by atoms with Crippen LogP contribution in [0, 0.1) is 0 Å². The summed E-state index contributed by atoms with van der Waals surface area (Å²) in [4.78, 5) is 15.8. The van der Waals surface area contributed by atoms with Crippen LogP contribution in [-0.4, -0.2) is 59.2 Å². The smallest absolute Gasteiger partial charge is 0.252 e. The molecular weight excluding hydrogens is 370 g/mol. The average molecular weight is 396 g/mol. The van der Waals surface area contributed by atoms with Crippen molar-refractivity contribution in [3.8, 4) is 5.75 Å². The first-order valence-corrected chi connectivity index (χ1v) is 8.37. The van der Waals surface area contributed by atoms with Gasteiger partial charge >= 0.3 is 0 Å². The van der Waals surface area contributed by atoms with Crippen molar-refractivity contribution >= 4 is 24.0 Å². The Labute approximate surface area is 164 Å². The summed E-state index contributed by atoms with van der Waals surface area (Å²) in [6, 6.07) is 14.8. The predicted molar refractivity (Wildman–Crippen MR) is 108 cm³/mol. The van der Waals surface area contributed by atoms with E-state index in [1.165, 1.54) is 17.8 Å². The van der Waals surface area contributed by atoms with E-state index >= 15 is 0 Å². The predicted octanol–water partition coefficient (Wildman–Crippen LogP) is 0.944. The summed E-state index contributed by atoms with van der Waals surface area (Å²) >= 11 is 0. The Morgan fingerprint density at radius 2 is 1.70 bits per heavy atom. The van der Waals surface area contributed by atoms with E-state index in [1.54, 1.807) is 6.07 Å². The van der Waals surface area contributed by atoms with E-state index in [-0.39, 0.29) is 29.2 Å². The molecule has 6 N–H and O–H groups in total. The van der Waals surface area contributed by atoms with Crippen LogP contribution in [0.4, 0.5) is 5.69 Å². The van der Waals surface area contributed by atoms with E-state index in [0.29, 0.717) is 12.1 Å². The number of piperazine rings is 1. The highest BCUT2D eigenvalue weighted by molar-refractivity contribution is 5.95. The number of nitrogens with two attached hydrogens (primary N) is 1. The molecule has 27 heavy (non-hydrogen) atoms. The lowest BCUT2D eigenvalue weighted by atomic mass is 10.0. The highest BCUT2D eigenvalue weighted by Crippen LogP contribution is 2.23. The zero-order valence-corrected chi connectivity index (χ0v) is 15.7. The molecule has 1 heterocycles. The number of hydrogen-bond donors (Lipinski definition) is 3. The van der Waals surface area contributed by atoms with Gasteiger partial charge in [0.25, 0.3) is 5.91 Å². The van der Waals surface area contributed by atoms with Crippen LogP contribution >= 0.6 is 12.4 Å². The Kier molecular flexibility index (Phi) is 8.52. The van der Waals surface area contributed by atoms with Crippen molar-refractivity contribution in [3.05, 3.63) is 59.7 Å². The number of aliphatic hydroxyl groups excluding tert-OH is 1. The Hall–Kier alpha value is -2.32. The number of aliphatic hydroxyl groups is 1. The van der Waals surface area contributed by atoms with Crippen molar-refractivity contribution in [2.75, 3.05) is 37.6 Å². The summed E-state index contributed by atoms with van der Waals surface area (Å²) in [5.74, 6) is -0.872. The number of primary amides is 1. The molecule has 0 spiro atoms. The van der Waals surface area contributed by atoms with Crippen LogP contribution in [0.2, 0.25) is 0 Å². The van der Waals surface area contributed by atoms with Crippen molar-refractivity contribution in [1.82, 2.24) is 4.90 Å². The summed E-state index contributed by atoms with van der Waals surface area (Å²) in [7, 11) is 0. The zero-order valence-electron chi connectivity index (χ0n) is 14.9. The largest absolute Gasteiger partial charge is 0.507 e. The molecule has 1 aliphatic rings. The Morgan fingerprint density at radius 3 is 2.30 bits per heavy atom. The number of β-amino-alcohol motifs (C(OH)–C–C–N with tert-alkyl or cyclic N) is 1. The number of carbonyl (C=O) groups is 1. The van der Waals surface area contributed by atoms with Gasteiger partial charge < -0.3 is 26.3 Å². The lowest BCUT2D eigenvalue weighted by Crippen LogP contribution is -2.47. The molecular formula is C19H26ClN3O4. The number of nitrogens with zero attached hydrogens (tertiary/aromatic N) is 2. The van der Waals surface area contributed by atoms with Crippen LogP contribution in [0.5, 0.6) is 5.75 Å². The number of carbonyl (C=O) groups excluding carboxylic acids is 1. The molecule has 3 rings (SSSR count). The van der Waals surface area contributed by atoms with Gasteiger partial charge in [0.05, 0.1) is 11.7 Å². The van der Waals surface area contributed by atoms with Gasteiger partial charge in [0.1, 0.15) is 5.75 Å². The van der Waals surface area contributed by atoms with Gasteiger partial charge in [0.15, 0.2) is 0 Å². The number of amides is 1. The molecule has 0 radical (unpaired) electrons. The van der Waals surface area contributed by atoms with E-state index in [0.717, 1.165) is 26.2 Å². The lowest BCUT2D eigenvalue weighted by Gasteiger charge is -2.37. The number of benzene rings is 2. The fourth-order valence-corrected chi connectivity index (χ4v) is 3.14. The summed E-state index contributed by atoms with van der Waals surface area (Å²) in [6.07, 6.45) is -0.734. The number of rotatable bonds is 5. The van der Waals surface area contributed by atoms with Crippen molar-refractivity contribution in [1.29, 1.82) is 0 Å². The SMILES string of the molecule is Cl.NC(=O)c1cc(C(O)CN2CCN(c3ccccc3)CC2)ccc1O.O. The monoisotopic (exact) mass is 395 g/mol. The highest BCUT2D eigenvalue weighted by Gasteiger charge is 2.21. The van der Waals surface area contributed by atoms with Crippen LogP contribution in [-0.2, 0) is 0 Å². The van der Waals surface area contributed by atoms with Gasteiger partial charge in [-0.25, -0.2) is 0 Å². The van der Waals surface area contributed by atoms with Crippen LogP contribution in [0.15, 0.2) is 48.5 Å². The van der Waals surface area contributed by atoms with E-state index in [2.05, 4.69) is 21.9 Å². The topological polar surface area (TPSA) is 122 Å². The molecule has 1 amide bonds. The third-order valence-electron chi connectivity index (χ3n) is 4.60. The summed E-state index contributed by atoms with van der Waals surface area (Å²) < 4.78 is 0. The molecule has 0 aliphatic carbocycles. The van der Waals surface area contributed by atoms with Crippen LogP contribution < -0.4 is 10.6 Å². The van der Waals surface area contributed by atoms with Crippen molar-refractivity contribution in [2.24, 2.45) is 5.73 Å². The van der Waals surface area contributed by atoms with Gasteiger partial charge in [-0.05, 0) is 29.8 Å². The standard InChI is InChI=1S/C19H23N3O3.ClH.H2O/c20-19(25)16-12-14(6-7-17(16)23)18(24)13-21-8-10-22(11-9-21)15-4-2-1-3-5-15;;/h1-7,12,18,23-24H,8-11,13H2,(H2,20,25);1H;1H2. The molecule has 1 fully saturated rings. The van der Waals surface area contributed by atoms with E-state index < -0.39 is 12.0 Å². The minimum atomic E-state index is -0.734. The molecule has 0 saturated carbocycles. The number of para-hydroxylation sites is 1. The quantitative estimate of drug-likeness (QED) is 0.695. The van der Waals surface area contributed by atoms with Gasteiger partial charge in [-0.15, -0.1) is 12.4 Å². The number of anilines is 1. The Bertz CT molecular complexity index is 737. The molecule has 148 valence electrons. The maximum atomic E-state index is 11.3. The first-order valence-electron chi connectivity index (χ1n) is 8.37. The molecule has 1 unspecified atom stereocenters. The number of phenols is 1. The third kappa shape index (κ3) is 5.58. The second kappa shape index (κ2) is 10.1. The molecule has 1 saturated heterocycles. The first-order chi connectivity index (χ1) is 12.0. The van der Waals surface area contributed by atoms with Gasteiger partial charge in [-0.1, -0.05) is 24.3 Å². The summed E-state index contributed by atoms with van der Waals surface area (Å²) in [5.41, 5.74) is 7.07. The molecule has 8 heteroatoms. The van der Waals surface area contributed by atoms with Crippen LogP contribution in [0.1, 0.15) is 22.0 Å². The molecule has 2 aromatic carbocycles. The molecule has 2 aromatic rings. The zero-order chi connectivity index (χ0) is 17.8. The van der Waals surface area contributed by atoms with Gasteiger partial charge in [0, 0.05) is 38.4 Å². The molecule has 7 nitrogen and oxygen atoms in total. The normalized spacial score (nSPS) is 15.4. The summed E-state index contributed by atoms with van der Waals surface area (Å²) in [5, 5.41) is 20.1. The fraction of sp³-hybridized carbons (Fsp3) is 0.316. The van der Waals surface area contributed by atoms with Crippen molar-refractivity contribution < 1.29 is 20.5 Å². The van der Waals surface area contributed by atoms with Gasteiger partial charge in [-0.2, -0.15) is 0 Å². The lowest BCUT2D eigenvalue weighted by molar-refractivity contribution is 0.0995. The third-order valence-corrected chi connectivity index (χ3v) is 4.60. The first kappa shape index (κ1) is 22.7. The number of aromatic hydroxyl groups is 1. The second-order valence-electron chi connectivity index (χ2n) is 6.28. The summed E-state index contributed by atoms with van der Waals surface area (Å²) in [6.45, 7) is 3.99. The maximum Gasteiger partial charge on any atom is 0.252 e. The highest BCUT2D eigenvalue weighted by atomic mass is 35.5.